The third-order valence-corrected chi connectivity index (χ3v) is 4.88. The van der Waals surface area contributed by atoms with Crippen molar-refractivity contribution in [3.05, 3.63) is 21.8 Å². The summed E-state index contributed by atoms with van der Waals surface area (Å²) >= 11 is 3.69. The van der Waals surface area contributed by atoms with Gasteiger partial charge in [-0.05, 0) is 41.6 Å². The maximum atomic E-state index is 5.97. The molecule has 0 bridgehead atoms. The maximum absolute atomic E-state index is 5.97. The van der Waals surface area contributed by atoms with E-state index in [1.54, 1.807) is 6.20 Å². The van der Waals surface area contributed by atoms with Crippen LogP contribution in [-0.4, -0.2) is 18.4 Å². The highest BCUT2D eigenvalue weighted by Crippen LogP contribution is 2.51. The summed E-state index contributed by atoms with van der Waals surface area (Å²) in [4.78, 5) is 0. The van der Waals surface area contributed by atoms with Gasteiger partial charge in [0.15, 0.2) is 0 Å². The van der Waals surface area contributed by atoms with Gasteiger partial charge in [-0.2, -0.15) is 0 Å². The van der Waals surface area contributed by atoms with Crippen LogP contribution in [0.25, 0.3) is 11.1 Å². The van der Waals surface area contributed by atoms with Crippen molar-refractivity contribution in [3.8, 4) is 22.6 Å². The number of nitrogens with zero attached hydrogens (tertiary/aromatic N) is 1. The monoisotopic (exact) mass is 350 g/mol. The number of hydrogen-bond acceptors (Lipinski definition) is 5. The maximum Gasteiger partial charge on any atom is 0.230 e. The van der Waals surface area contributed by atoms with Crippen molar-refractivity contribution in [2.75, 3.05) is 18.9 Å². The lowest BCUT2D eigenvalue weighted by Crippen LogP contribution is -2.16. The molecule has 0 atom stereocenters. The molecular weight excluding hydrogens is 336 g/mol. The Balaban J connectivity index is 2.06. The van der Waals surface area contributed by atoms with Crippen molar-refractivity contribution >= 4 is 21.8 Å². The first-order chi connectivity index (χ1) is 10.3. The highest BCUT2D eigenvalue weighted by Gasteiger charge is 2.30. The van der Waals surface area contributed by atoms with Gasteiger partial charge in [0.25, 0.3) is 0 Å². The molecule has 2 aliphatic rings. The average Bonchev–Trinajstić information content (AvgIpc) is 2.94. The van der Waals surface area contributed by atoms with Gasteiger partial charge in [0.1, 0.15) is 11.5 Å². The molecule has 6 heteroatoms. The summed E-state index contributed by atoms with van der Waals surface area (Å²) in [6, 6.07) is 0. The van der Waals surface area contributed by atoms with Gasteiger partial charge < -0.3 is 19.7 Å². The van der Waals surface area contributed by atoms with Crippen LogP contribution in [-0.2, 0) is 12.8 Å². The van der Waals surface area contributed by atoms with E-state index in [-0.39, 0.29) is 0 Å². The molecule has 1 aromatic carbocycles. The summed E-state index contributed by atoms with van der Waals surface area (Å²) in [6.45, 7) is 1.46. The zero-order valence-corrected chi connectivity index (χ0v) is 13.0. The highest BCUT2D eigenvalue weighted by molar-refractivity contribution is 9.10. The van der Waals surface area contributed by atoms with Crippen LogP contribution in [0.5, 0.6) is 11.5 Å². The molecule has 0 amide bonds. The van der Waals surface area contributed by atoms with Gasteiger partial charge >= 0.3 is 0 Å². The molecule has 0 saturated carbocycles. The Kier molecular flexibility index (Phi) is 3.06. The molecule has 110 valence electrons. The molecular formula is C15H15BrN2O3. The van der Waals surface area contributed by atoms with E-state index in [1.807, 2.05) is 0 Å². The first-order valence-corrected chi connectivity index (χ1v) is 7.90. The van der Waals surface area contributed by atoms with E-state index in [9.17, 15) is 0 Å². The number of fused-ring (bicyclic) bond motifs is 2. The number of halogens is 1. The topological polar surface area (TPSA) is 70.5 Å². The summed E-state index contributed by atoms with van der Waals surface area (Å²) < 4.78 is 17.9. The minimum atomic E-state index is 0.321. The van der Waals surface area contributed by atoms with Crippen LogP contribution in [0.1, 0.15) is 24.0 Å². The lowest BCUT2D eigenvalue weighted by molar-refractivity contribution is 0.272. The number of nitrogens with two attached hydrogens (primary N) is 1. The number of nitrogen functional groups attached to an aromatic ring is 1. The van der Waals surface area contributed by atoms with E-state index in [0.29, 0.717) is 5.88 Å². The van der Waals surface area contributed by atoms with E-state index >= 15 is 0 Å². The highest BCUT2D eigenvalue weighted by atomic mass is 79.9. The fourth-order valence-electron chi connectivity index (χ4n) is 3.11. The molecule has 0 spiro atoms. The summed E-state index contributed by atoms with van der Waals surface area (Å²) in [5.74, 6) is 2.13. The predicted octanol–water partition coefficient (Wildman–Crippen LogP) is 3.34. The third kappa shape index (κ3) is 1.92. The zero-order chi connectivity index (χ0) is 14.4. The van der Waals surface area contributed by atoms with Crippen LogP contribution in [0.2, 0.25) is 0 Å². The Morgan fingerprint density at radius 3 is 2.48 bits per heavy atom. The van der Waals surface area contributed by atoms with Crippen molar-refractivity contribution in [3.63, 3.8) is 0 Å². The Bertz CT molecular complexity index is 674. The largest absolute Gasteiger partial charge is 0.493 e. The van der Waals surface area contributed by atoms with Gasteiger partial charge in [0.2, 0.25) is 5.88 Å². The van der Waals surface area contributed by atoms with Gasteiger partial charge in [-0.15, -0.1) is 0 Å². The van der Waals surface area contributed by atoms with Crippen molar-refractivity contribution < 1.29 is 14.0 Å². The van der Waals surface area contributed by atoms with Gasteiger partial charge in [0, 0.05) is 16.7 Å². The van der Waals surface area contributed by atoms with Crippen LogP contribution >= 0.6 is 15.9 Å². The van der Waals surface area contributed by atoms with Gasteiger partial charge in [-0.25, -0.2) is 0 Å². The van der Waals surface area contributed by atoms with E-state index in [1.165, 1.54) is 0 Å². The van der Waals surface area contributed by atoms with Crippen LogP contribution in [0.15, 0.2) is 15.2 Å². The summed E-state index contributed by atoms with van der Waals surface area (Å²) in [5, 5.41) is 3.81. The lowest BCUT2D eigenvalue weighted by Gasteiger charge is -2.28. The molecule has 0 fully saturated rings. The first kappa shape index (κ1) is 13.0. The molecule has 0 unspecified atom stereocenters. The standard InChI is InChI=1S/C15H15BrN2O3/c16-12-9-4-2-5-19-13(9)11(10-7-18-21-15(10)17)8-3-1-6-20-14(8)12/h7H,1-6,17H2. The number of aromatic nitrogens is 1. The molecule has 5 nitrogen and oxygen atoms in total. The molecule has 2 aromatic rings. The number of hydrogen-bond donors (Lipinski definition) is 1. The quantitative estimate of drug-likeness (QED) is 0.853. The fourth-order valence-corrected chi connectivity index (χ4v) is 3.84. The number of rotatable bonds is 1. The predicted molar refractivity (Wildman–Crippen MR) is 81.7 cm³/mol. The van der Waals surface area contributed by atoms with Crippen molar-refractivity contribution in [1.29, 1.82) is 0 Å². The Morgan fingerprint density at radius 2 is 1.76 bits per heavy atom. The molecule has 3 heterocycles. The van der Waals surface area contributed by atoms with Crippen molar-refractivity contribution in [2.24, 2.45) is 0 Å². The molecule has 0 aliphatic carbocycles. The minimum Gasteiger partial charge on any atom is -0.493 e. The van der Waals surface area contributed by atoms with Crippen LogP contribution in [0.4, 0.5) is 5.88 Å². The number of benzene rings is 1. The smallest absolute Gasteiger partial charge is 0.230 e. The Labute approximate surface area is 130 Å². The molecule has 4 rings (SSSR count). The zero-order valence-electron chi connectivity index (χ0n) is 11.4. The lowest BCUT2D eigenvalue weighted by atomic mass is 9.90. The number of anilines is 1. The second-order valence-corrected chi connectivity index (χ2v) is 6.11. The molecule has 21 heavy (non-hydrogen) atoms. The summed E-state index contributed by atoms with van der Waals surface area (Å²) in [6.07, 6.45) is 5.54. The van der Waals surface area contributed by atoms with Crippen molar-refractivity contribution in [2.45, 2.75) is 25.7 Å². The van der Waals surface area contributed by atoms with Crippen molar-refractivity contribution in [1.82, 2.24) is 5.16 Å². The Hall–Kier alpha value is -1.69. The number of ether oxygens (including phenoxy) is 2. The summed E-state index contributed by atoms with van der Waals surface area (Å²) in [7, 11) is 0. The minimum absolute atomic E-state index is 0.321. The van der Waals surface area contributed by atoms with E-state index in [0.717, 1.165) is 77.1 Å². The van der Waals surface area contributed by atoms with E-state index in [2.05, 4.69) is 21.1 Å². The van der Waals surface area contributed by atoms with Gasteiger partial charge in [-0.1, -0.05) is 5.16 Å². The summed E-state index contributed by atoms with van der Waals surface area (Å²) in [5.41, 5.74) is 10.00. The van der Waals surface area contributed by atoms with E-state index in [4.69, 9.17) is 19.7 Å². The fraction of sp³-hybridized carbons (Fsp3) is 0.400. The van der Waals surface area contributed by atoms with Crippen LogP contribution in [0, 0.1) is 0 Å². The second-order valence-electron chi connectivity index (χ2n) is 5.31. The van der Waals surface area contributed by atoms with Gasteiger partial charge in [-0.3, -0.25) is 0 Å². The molecule has 0 saturated heterocycles. The molecule has 1 aromatic heterocycles. The third-order valence-electron chi connectivity index (χ3n) is 4.04. The average molecular weight is 351 g/mol. The van der Waals surface area contributed by atoms with Crippen LogP contribution < -0.4 is 15.2 Å². The molecule has 2 N–H and O–H groups in total. The molecule has 0 radical (unpaired) electrons. The van der Waals surface area contributed by atoms with Crippen LogP contribution in [0.3, 0.4) is 0 Å². The first-order valence-electron chi connectivity index (χ1n) is 7.10. The molecule has 2 aliphatic heterocycles. The van der Waals surface area contributed by atoms with E-state index < -0.39 is 0 Å². The second kappa shape index (κ2) is 4.94. The normalized spacial score (nSPS) is 16.6. The van der Waals surface area contributed by atoms with Gasteiger partial charge in [0.05, 0.1) is 29.4 Å². The Morgan fingerprint density at radius 1 is 1.05 bits per heavy atom. The SMILES string of the molecule is Nc1oncc1-c1c2c(c(Br)c3c1OCCC3)OCCC2.